The van der Waals surface area contributed by atoms with Crippen LogP contribution in [0, 0.1) is 5.92 Å². The lowest BCUT2D eigenvalue weighted by molar-refractivity contribution is -0.124. The molecule has 0 bridgehead atoms. The Bertz CT molecular complexity index is 728. The zero-order chi connectivity index (χ0) is 18.6. The summed E-state index contributed by atoms with van der Waals surface area (Å²) in [7, 11) is 0. The molecule has 1 aromatic carbocycles. The molecule has 2 aromatic rings. The minimum atomic E-state index is -0.796. The Morgan fingerprint density at radius 3 is 2.81 bits per heavy atom. The van der Waals surface area contributed by atoms with Gasteiger partial charge in [0.25, 0.3) is 5.91 Å². The lowest BCUT2D eigenvalue weighted by atomic mass is 9.93. The van der Waals surface area contributed by atoms with E-state index in [9.17, 15) is 9.90 Å². The fourth-order valence-electron chi connectivity index (χ4n) is 3.33. The van der Waals surface area contributed by atoms with Crippen molar-refractivity contribution in [1.82, 2.24) is 10.1 Å². The first-order chi connectivity index (χ1) is 12.5. The number of amides is 1. The number of carbonyl (C=O) groups excluding carboxylic acids is 1. The van der Waals surface area contributed by atoms with Gasteiger partial charge in [-0.2, -0.15) is 0 Å². The molecule has 2 heterocycles. The standard InChI is InChI=1S/C20H26N2O4/c1-15(2)10-17-11-18(26-21-17)19(24)22-8-9-25-20(13-22,14-23)12-16-6-4-3-5-7-16/h3-7,11,15,23H,8-10,12-14H2,1-2H3. The molecular formula is C20H26N2O4. The minimum Gasteiger partial charge on any atom is -0.393 e. The van der Waals surface area contributed by atoms with Crippen LogP contribution in [0.1, 0.15) is 35.7 Å². The molecule has 0 saturated carbocycles. The SMILES string of the molecule is CC(C)Cc1cc(C(=O)N2CCOC(CO)(Cc3ccccc3)C2)on1. The Kier molecular flexibility index (Phi) is 5.74. The largest absolute Gasteiger partial charge is 0.393 e. The van der Waals surface area contributed by atoms with E-state index in [2.05, 4.69) is 19.0 Å². The predicted molar refractivity (Wildman–Crippen MR) is 96.9 cm³/mol. The number of aromatic nitrogens is 1. The van der Waals surface area contributed by atoms with Gasteiger partial charge < -0.3 is 19.3 Å². The second kappa shape index (κ2) is 8.01. The van der Waals surface area contributed by atoms with Gasteiger partial charge >= 0.3 is 0 Å². The number of aliphatic hydroxyl groups excluding tert-OH is 1. The molecular weight excluding hydrogens is 332 g/mol. The Morgan fingerprint density at radius 2 is 2.12 bits per heavy atom. The summed E-state index contributed by atoms with van der Waals surface area (Å²) in [5, 5.41) is 14.0. The average molecular weight is 358 g/mol. The van der Waals surface area contributed by atoms with Crippen LogP contribution in [0.25, 0.3) is 0 Å². The van der Waals surface area contributed by atoms with Crippen LogP contribution in [0.3, 0.4) is 0 Å². The highest BCUT2D eigenvalue weighted by molar-refractivity contribution is 5.91. The molecule has 1 aromatic heterocycles. The molecule has 6 nitrogen and oxygen atoms in total. The average Bonchev–Trinajstić information content (AvgIpc) is 3.10. The second-order valence-corrected chi connectivity index (χ2v) is 7.36. The Labute approximate surface area is 153 Å². The molecule has 1 unspecified atom stereocenters. The van der Waals surface area contributed by atoms with Crippen LogP contribution in [0.2, 0.25) is 0 Å². The van der Waals surface area contributed by atoms with Crippen molar-refractivity contribution in [3.63, 3.8) is 0 Å². The molecule has 1 N–H and O–H groups in total. The van der Waals surface area contributed by atoms with Crippen LogP contribution < -0.4 is 0 Å². The van der Waals surface area contributed by atoms with Gasteiger partial charge in [0.2, 0.25) is 5.76 Å². The fourth-order valence-corrected chi connectivity index (χ4v) is 3.33. The summed E-state index contributed by atoms with van der Waals surface area (Å²) < 4.78 is 11.2. The van der Waals surface area contributed by atoms with Crippen molar-refractivity contribution >= 4 is 5.91 Å². The van der Waals surface area contributed by atoms with E-state index in [4.69, 9.17) is 9.26 Å². The van der Waals surface area contributed by atoms with Crippen LogP contribution >= 0.6 is 0 Å². The number of ether oxygens (including phenoxy) is 1. The van der Waals surface area contributed by atoms with E-state index in [0.717, 1.165) is 17.7 Å². The molecule has 140 valence electrons. The predicted octanol–water partition coefficient (Wildman–Crippen LogP) is 2.32. The van der Waals surface area contributed by atoms with Crippen LogP contribution in [-0.4, -0.2) is 53.0 Å². The smallest absolute Gasteiger partial charge is 0.292 e. The van der Waals surface area contributed by atoms with E-state index in [0.29, 0.717) is 32.0 Å². The molecule has 1 aliphatic heterocycles. The topological polar surface area (TPSA) is 75.8 Å². The minimum absolute atomic E-state index is 0.152. The summed E-state index contributed by atoms with van der Waals surface area (Å²) in [5.41, 5.74) is 1.06. The molecule has 3 rings (SSSR count). The molecule has 0 aliphatic carbocycles. The molecule has 1 fully saturated rings. The zero-order valence-corrected chi connectivity index (χ0v) is 15.4. The maximum atomic E-state index is 12.8. The summed E-state index contributed by atoms with van der Waals surface area (Å²) in [4.78, 5) is 14.5. The van der Waals surface area contributed by atoms with E-state index >= 15 is 0 Å². The first-order valence-electron chi connectivity index (χ1n) is 9.05. The highest BCUT2D eigenvalue weighted by atomic mass is 16.5. The molecule has 0 radical (unpaired) electrons. The van der Waals surface area contributed by atoms with Crippen molar-refractivity contribution in [2.24, 2.45) is 5.92 Å². The Morgan fingerprint density at radius 1 is 1.35 bits per heavy atom. The Balaban J connectivity index is 1.72. The van der Waals surface area contributed by atoms with Crippen molar-refractivity contribution < 1.29 is 19.2 Å². The number of hydrogen-bond acceptors (Lipinski definition) is 5. The number of carbonyl (C=O) groups is 1. The molecule has 1 atom stereocenters. The van der Waals surface area contributed by atoms with E-state index in [1.165, 1.54) is 0 Å². The summed E-state index contributed by atoms with van der Waals surface area (Å²) in [6.45, 7) is 5.20. The molecule has 0 spiro atoms. The number of benzene rings is 1. The van der Waals surface area contributed by atoms with Gasteiger partial charge in [-0.05, 0) is 17.9 Å². The number of nitrogens with zero attached hydrogens (tertiary/aromatic N) is 2. The fraction of sp³-hybridized carbons (Fsp3) is 0.500. The van der Waals surface area contributed by atoms with Crippen LogP contribution in [0.4, 0.5) is 0 Å². The van der Waals surface area contributed by atoms with Crippen molar-refractivity contribution in [3.05, 3.63) is 53.4 Å². The molecule has 1 saturated heterocycles. The number of morpholine rings is 1. The molecule has 1 aliphatic rings. The normalized spacial score (nSPS) is 20.5. The van der Waals surface area contributed by atoms with Gasteiger partial charge in [-0.25, -0.2) is 0 Å². The van der Waals surface area contributed by atoms with Gasteiger partial charge in [0, 0.05) is 19.0 Å². The van der Waals surface area contributed by atoms with Crippen molar-refractivity contribution in [3.8, 4) is 0 Å². The molecule has 26 heavy (non-hydrogen) atoms. The van der Waals surface area contributed by atoms with Gasteiger partial charge in [0.05, 0.1) is 25.5 Å². The monoisotopic (exact) mass is 358 g/mol. The van der Waals surface area contributed by atoms with Crippen molar-refractivity contribution in [1.29, 1.82) is 0 Å². The first kappa shape index (κ1) is 18.6. The van der Waals surface area contributed by atoms with Gasteiger partial charge in [0.1, 0.15) is 5.60 Å². The summed E-state index contributed by atoms with van der Waals surface area (Å²) in [6.07, 6.45) is 1.32. The molecule has 6 heteroatoms. The van der Waals surface area contributed by atoms with E-state index < -0.39 is 5.60 Å². The summed E-state index contributed by atoms with van der Waals surface area (Å²) >= 11 is 0. The Hall–Kier alpha value is -2.18. The van der Waals surface area contributed by atoms with Crippen molar-refractivity contribution in [2.75, 3.05) is 26.3 Å². The lowest BCUT2D eigenvalue weighted by Gasteiger charge is -2.41. The lowest BCUT2D eigenvalue weighted by Crippen LogP contribution is -2.56. The van der Waals surface area contributed by atoms with Gasteiger partial charge in [-0.3, -0.25) is 4.79 Å². The quantitative estimate of drug-likeness (QED) is 0.858. The number of aliphatic hydroxyl groups is 1. The molecule has 1 amide bonds. The second-order valence-electron chi connectivity index (χ2n) is 7.36. The number of rotatable bonds is 6. The van der Waals surface area contributed by atoms with Crippen molar-refractivity contribution in [2.45, 2.75) is 32.3 Å². The maximum absolute atomic E-state index is 12.8. The highest BCUT2D eigenvalue weighted by Crippen LogP contribution is 2.24. The maximum Gasteiger partial charge on any atom is 0.292 e. The van der Waals surface area contributed by atoms with E-state index in [1.807, 2.05) is 30.3 Å². The third-order valence-corrected chi connectivity index (χ3v) is 4.58. The van der Waals surface area contributed by atoms with Crippen LogP contribution in [0.15, 0.2) is 40.9 Å². The third-order valence-electron chi connectivity index (χ3n) is 4.58. The zero-order valence-electron chi connectivity index (χ0n) is 15.4. The highest BCUT2D eigenvalue weighted by Gasteiger charge is 2.39. The van der Waals surface area contributed by atoms with Crippen LogP contribution in [-0.2, 0) is 17.6 Å². The van der Waals surface area contributed by atoms with Crippen LogP contribution in [0.5, 0.6) is 0 Å². The third kappa shape index (κ3) is 4.31. The summed E-state index contributed by atoms with van der Waals surface area (Å²) in [6, 6.07) is 11.6. The van der Waals surface area contributed by atoms with Gasteiger partial charge in [-0.1, -0.05) is 49.3 Å². The first-order valence-corrected chi connectivity index (χ1v) is 9.05. The number of hydrogen-bond donors (Lipinski definition) is 1. The van der Waals surface area contributed by atoms with E-state index in [1.54, 1.807) is 11.0 Å². The van der Waals surface area contributed by atoms with E-state index in [-0.39, 0.29) is 18.3 Å². The van der Waals surface area contributed by atoms with Gasteiger partial charge in [0.15, 0.2) is 0 Å². The summed E-state index contributed by atoms with van der Waals surface area (Å²) in [5.74, 6) is 0.482. The van der Waals surface area contributed by atoms with Gasteiger partial charge in [-0.15, -0.1) is 0 Å².